The number of halogens is 3. The Labute approximate surface area is 132 Å². The first-order chi connectivity index (χ1) is 10.8. The summed E-state index contributed by atoms with van der Waals surface area (Å²) >= 11 is 0. The lowest BCUT2D eigenvalue weighted by molar-refractivity contribution is -0.137. The maximum Gasteiger partial charge on any atom is 0.416 e. The third-order valence-corrected chi connectivity index (χ3v) is 3.48. The lowest BCUT2D eigenvalue weighted by Gasteiger charge is -2.13. The second-order valence-electron chi connectivity index (χ2n) is 4.69. The minimum Gasteiger partial charge on any atom is -0.491 e. The summed E-state index contributed by atoms with van der Waals surface area (Å²) in [5.41, 5.74) is -0.823. The summed E-state index contributed by atoms with van der Waals surface area (Å²) in [6, 6.07) is 4.40. The summed E-state index contributed by atoms with van der Waals surface area (Å²) in [6.07, 6.45) is -2.73. The van der Waals surface area contributed by atoms with Gasteiger partial charge in [-0.3, -0.25) is 4.21 Å². The number of alkyl halides is 3. The molecular weight excluding hydrogens is 335 g/mol. The zero-order valence-electron chi connectivity index (χ0n) is 12.0. The van der Waals surface area contributed by atoms with Gasteiger partial charge in [0, 0.05) is 6.26 Å². The predicted molar refractivity (Wildman–Crippen MR) is 75.3 cm³/mol. The molecule has 23 heavy (non-hydrogen) atoms. The van der Waals surface area contributed by atoms with Gasteiger partial charge in [-0.25, -0.2) is 9.67 Å². The highest BCUT2D eigenvalue weighted by atomic mass is 32.2. The molecule has 10 heteroatoms. The van der Waals surface area contributed by atoms with Gasteiger partial charge in [0.25, 0.3) is 0 Å². The Balaban J connectivity index is 1.91. The molecule has 0 radical (unpaired) electrons. The molecule has 0 saturated heterocycles. The molecule has 6 nitrogen and oxygen atoms in total. The van der Waals surface area contributed by atoms with Crippen molar-refractivity contribution in [1.29, 1.82) is 0 Å². The monoisotopic (exact) mass is 349 g/mol. The van der Waals surface area contributed by atoms with Crippen molar-refractivity contribution in [3.05, 3.63) is 36.2 Å². The van der Waals surface area contributed by atoms with Crippen molar-refractivity contribution in [2.24, 2.45) is 0 Å². The van der Waals surface area contributed by atoms with Gasteiger partial charge in [0.05, 0.1) is 22.9 Å². The van der Waals surface area contributed by atoms with Gasteiger partial charge in [0.1, 0.15) is 24.8 Å². The number of benzene rings is 1. The number of aliphatic hydroxyl groups is 1. The Kier molecular flexibility index (Phi) is 5.37. The first kappa shape index (κ1) is 17.4. The molecule has 1 heterocycles. The van der Waals surface area contributed by atoms with E-state index < -0.39 is 28.6 Å². The average Bonchev–Trinajstić information content (AvgIpc) is 2.93. The average molecular weight is 349 g/mol. The molecule has 2 aromatic rings. The summed E-state index contributed by atoms with van der Waals surface area (Å²) in [6.45, 7) is -0.200. The van der Waals surface area contributed by atoms with Crippen LogP contribution in [0.15, 0.2) is 35.7 Å². The van der Waals surface area contributed by atoms with E-state index in [-0.39, 0.29) is 24.1 Å². The Morgan fingerprint density at radius 2 is 2.17 bits per heavy atom. The zero-order valence-corrected chi connectivity index (χ0v) is 12.8. The number of rotatable bonds is 6. The Morgan fingerprint density at radius 1 is 1.43 bits per heavy atom. The van der Waals surface area contributed by atoms with Gasteiger partial charge in [0.15, 0.2) is 0 Å². The number of nitrogens with zero attached hydrogens (tertiary/aromatic N) is 3. The molecule has 1 N–H and O–H groups in total. The molecule has 1 aromatic carbocycles. The third kappa shape index (κ3) is 5.03. The molecule has 0 unspecified atom stereocenters. The van der Waals surface area contributed by atoms with Gasteiger partial charge in [-0.15, -0.1) is 5.10 Å². The van der Waals surface area contributed by atoms with Crippen molar-refractivity contribution >= 4 is 10.8 Å². The lowest BCUT2D eigenvalue weighted by Crippen LogP contribution is -2.24. The first-order valence-corrected chi connectivity index (χ1v) is 8.02. The van der Waals surface area contributed by atoms with Crippen molar-refractivity contribution in [3.63, 3.8) is 0 Å². The van der Waals surface area contributed by atoms with Crippen LogP contribution < -0.4 is 4.74 Å². The van der Waals surface area contributed by atoms with E-state index in [2.05, 4.69) is 10.1 Å². The Morgan fingerprint density at radius 3 is 2.78 bits per heavy atom. The van der Waals surface area contributed by atoms with E-state index in [1.807, 2.05) is 0 Å². The fourth-order valence-electron chi connectivity index (χ4n) is 1.72. The quantitative estimate of drug-likeness (QED) is 0.855. The molecule has 2 rings (SSSR count). The summed E-state index contributed by atoms with van der Waals surface area (Å²) in [5.74, 6) is 0.00724. The highest BCUT2D eigenvalue weighted by molar-refractivity contribution is 7.84. The van der Waals surface area contributed by atoms with Crippen molar-refractivity contribution < 1.29 is 27.2 Å². The molecule has 0 fully saturated rings. The number of hydrogen-bond acceptors (Lipinski definition) is 5. The summed E-state index contributed by atoms with van der Waals surface area (Å²) in [7, 11) is -1.33. The van der Waals surface area contributed by atoms with E-state index >= 15 is 0 Å². The van der Waals surface area contributed by atoms with Crippen molar-refractivity contribution in [3.8, 4) is 5.75 Å². The van der Waals surface area contributed by atoms with E-state index in [0.29, 0.717) is 0 Å². The highest BCUT2D eigenvalue weighted by Gasteiger charge is 2.30. The van der Waals surface area contributed by atoms with Crippen LogP contribution in [0.3, 0.4) is 0 Å². The van der Waals surface area contributed by atoms with E-state index in [1.165, 1.54) is 29.4 Å². The first-order valence-electron chi connectivity index (χ1n) is 6.46. The molecule has 1 aromatic heterocycles. The van der Waals surface area contributed by atoms with Gasteiger partial charge < -0.3 is 9.84 Å². The molecule has 0 aliphatic rings. The SMILES string of the molecule is C[S@](=O)c1ncn(C[C@H](O)COc2cccc(C(F)(F)F)c2)n1. The second-order valence-corrected chi connectivity index (χ2v) is 5.97. The molecule has 2 atom stereocenters. The molecule has 0 amide bonds. The van der Waals surface area contributed by atoms with Crippen LogP contribution in [0.25, 0.3) is 0 Å². The predicted octanol–water partition coefficient (Wildman–Crippen LogP) is 1.47. The van der Waals surface area contributed by atoms with Crippen LogP contribution in [0.4, 0.5) is 13.2 Å². The van der Waals surface area contributed by atoms with Crippen LogP contribution in [0.2, 0.25) is 0 Å². The standard InChI is InChI=1S/C13H14F3N3O3S/c1-23(21)12-17-8-19(18-12)6-10(20)7-22-11-4-2-3-9(5-11)13(14,15)16/h2-5,8,10,20H,6-7H2,1H3/t10-,23-/m0/s1. The van der Waals surface area contributed by atoms with Crippen LogP contribution >= 0.6 is 0 Å². The highest BCUT2D eigenvalue weighted by Crippen LogP contribution is 2.31. The van der Waals surface area contributed by atoms with Crippen LogP contribution in [-0.2, 0) is 23.5 Å². The summed E-state index contributed by atoms with van der Waals surface area (Å²) in [4.78, 5) is 3.80. The second kappa shape index (κ2) is 7.09. The third-order valence-electron chi connectivity index (χ3n) is 2.77. The van der Waals surface area contributed by atoms with Gasteiger partial charge >= 0.3 is 6.18 Å². The van der Waals surface area contributed by atoms with Crippen LogP contribution in [0, 0.1) is 0 Å². The summed E-state index contributed by atoms with van der Waals surface area (Å²) in [5, 5.41) is 13.9. The fraction of sp³-hybridized carbons (Fsp3) is 0.385. The minimum atomic E-state index is -4.45. The maximum absolute atomic E-state index is 12.6. The summed E-state index contributed by atoms with van der Waals surface area (Å²) < 4.78 is 55.3. The Hall–Kier alpha value is -1.94. The van der Waals surface area contributed by atoms with Gasteiger partial charge in [-0.2, -0.15) is 13.2 Å². The number of ether oxygens (including phenoxy) is 1. The van der Waals surface area contributed by atoms with Crippen LogP contribution in [0.1, 0.15) is 5.56 Å². The fourth-order valence-corrected chi connectivity index (χ4v) is 2.14. The molecular formula is C13H14F3N3O3S. The Bertz CT molecular complexity index is 690. The van der Waals surface area contributed by atoms with E-state index in [1.54, 1.807) is 0 Å². The lowest BCUT2D eigenvalue weighted by atomic mass is 10.2. The van der Waals surface area contributed by atoms with Crippen molar-refractivity contribution in [1.82, 2.24) is 14.8 Å². The largest absolute Gasteiger partial charge is 0.491 e. The number of aromatic nitrogens is 3. The molecule has 0 aliphatic carbocycles. The normalized spacial score (nSPS) is 14.5. The van der Waals surface area contributed by atoms with E-state index in [9.17, 15) is 22.5 Å². The van der Waals surface area contributed by atoms with Crippen LogP contribution in [0.5, 0.6) is 5.75 Å². The van der Waals surface area contributed by atoms with Crippen molar-refractivity contribution in [2.75, 3.05) is 12.9 Å². The molecule has 0 aliphatic heterocycles. The number of aliphatic hydroxyl groups excluding tert-OH is 1. The van der Waals surface area contributed by atoms with Gasteiger partial charge in [-0.05, 0) is 18.2 Å². The van der Waals surface area contributed by atoms with Crippen LogP contribution in [-0.4, -0.2) is 43.0 Å². The smallest absolute Gasteiger partial charge is 0.416 e. The van der Waals surface area contributed by atoms with Gasteiger partial charge in [-0.1, -0.05) is 6.07 Å². The molecule has 0 saturated carbocycles. The van der Waals surface area contributed by atoms with Crippen molar-refractivity contribution in [2.45, 2.75) is 24.0 Å². The topological polar surface area (TPSA) is 77.2 Å². The molecule has 126 valence electrons. The van der Waals surface area contributed by atoms with E-state index in [4.69, 9.17) is 4.74 Å². The zero-order chi connectivity index (χ0) is 17.0. The van der Waals surface area contributed by atoms with Gasteiger partial charge in [0.2, 0.25) is 5.16 Å². The maximum atomic E-state index is 12.6. The molecule has 0 spiro atoms. The number of hydrogen-bond donors (Lipinski definition) is 1. The minimum absolute atomic E-state index is 0.00724. The van der Waals surface area contributed by atoms with E-state index in [0.717, 1.165) is 12.1 Å². The molecule has 0 bridgehead atoms.